The Kier molecular flexibility index (Phi) is 15.1. The normalized spacial score (nSPS) is 18.8. The van der Waals surface area contributed by atoms with Gasteiger partial charge in [-0.2, -0.15) is 0 Å². The largest absolute Gasteiger partial charge is 0.508 e. The van der Waals surface area contributed by atoms with Crippen LogP contribution >= 0.6 is 0 Å². The number of fused-ring (bicyclic) bond motifs is 6. The van der Waals surface area contributed by atoms with Gasteiger partial charge in [-0.3, -0.25) is 34.1 Å². The zero-order valence-corrected chi connectivity index (χ0v) is 41.7. The topological polar surface area (TPSA) is 176 Å². The maximum atomic E-state index is 14.7. The number of likely N-dealkylation sites (N-methyl/N-ethyl adjacent to an activating group) is 2. The predicted octanol–water partition coefficient (Wildman–Crippen LogP) is 7.61. The maximum absolute atomic E-state index is 14.7. The van der Waals surface area contributed by atoms with Gasteiger partial charge in [0.2, 0.25) is 11.8 Å². The van der Waals surface area contributed by atoms with Crippen LogP contribution in [0, 0.1) is 11.3 Å². The summed E-state index contributed by atoms with van der Waals surface area (Å²) in [4.78, 5) is 77.4. The van der Waals surface area contributed by atoms with Gasteiger partial charge in [0.25, 0.3) is 5.91 Å². The molecule has 3 N–H and O–H groups in total. The van der Waals surface area contributed by atoms with Crippen molar-refractivity contribution in [3.63, 3.8) is 0 Å². The lowest BCUT2D eigenvalue weighted by molar-refractivity contribution is -0.155. The zero-order chi connectivity index (χ0) is 49.3. The average Bonchev–Trinajstić information content (AvgIpc) is 3.56. The van der Waals surface area contributed by atoms with Crippen LogP contribution in [-0.2, 0) is 48.0 Å². The van der Waals surface area contributed by atoms with Crippen LogP contribution in [-0.4, -0.2) is 116 Å². The van der Waals surface area contributed by atoms with Crippen molar-refractivity contribution in [1.29, 1.82) is 0 Å². The Labute approximate surface area is 395 Å². The van der Waals surface area contributed by atoms with Crippen molar-refractivity contribution in [3.8, 4) is 28.1 Å². The number of phenolic OH excluding ortho intramolecular Hbond substituents is 1. The van der Waals surface area contributed by atoms with Gasteiger partial charge in [0.1, 0.15) is 35.5 Å². The average molecular weight is 922 g/mol. The molecule has 4 aromatic rings. The molecule has 2 aromatic carbocycles. The van der Waals surface area contributed by atoms with Crippen molar-refractivity contribution in [3.05, 3.63) is 71.5 Å². The van der Waals surface area contributed by atoms with Gasteiger partial charge < -0.3 is 29.4 Å². The number of cyclic esters (lactones) is 1. The number of carbonyl (C=O) groups is 5. The minimum Gasteiger partial charge on any atom is -0.508 e. The minimum atomic E-state index is -1.20. The number of aryl methyl sites for hydroxylation is 1. The van der Waals surface area contributed by atoms with Crippen molar-refractivity contribution in [2.24, 2.45) is 11.3 Å². The van der Waals surface area contributed by atoms with Gasteiger partial charge in [0, 0.05) is 61.7 Å². The van der Waals surface area contributed by atoms with Crippen LogP contribution in [0.3, 0.4) is 0 Å². The second-order valence-corrected chi connectivity index (χ2v) is 20.7. The molecule has 4 amide bonds. The Morgan fingerprint density at radius 2 is 1.73 bits per heavy atom. The third-order valence-corrected chi connectivity index (χ3v) is 12.8. The first kappa shape index (κ1) is 50.5. The molecule has 0 aliphatic carbocycles. The first-order valence-electron chi connectivity index (χ1n) is 23.6. The molecule has 2 aliphatic heterocycles. The summed E-state index contributed by atoms with van der Waals surface area (Å²) in [7, 11) is 2.97. The molecule has 2 aliphatic rings. The molecule has 0 saturated carbocycles. The number of rotatable bonds is 9. The third-order valence-electron chi connectivity index (χ3n) is 12.8. The number of hydrazine groups is 1. The second kappa shape index (κ2) is 20.1. The van der Waals surface area contributed by atoms with E-state index in [1.165, 1.54) is 28.9 Å². The van der Waals surface area contributed by atoms with E-state index in [9.17, 15) is 29.1 Å². The fourth-order valence-corrected chi connectivity index (χ4v) is 9.36. The molecule has 6 bridgehead atoms. The van der Waals surface area contributed by atoms with E-state index < -0.39 is 70.9 Å². The van der Waals surface area contributed by atoms with E-state index in [0.717, 1.165) is 44.5 Å². The summed E-state index contributed by atoms with van der Waals surface area (Å²) in [5, 5.41) is 16.7. The number of pyridine rings is 1. The first-order valence-corrected chi connectivity index (χ1v) is 23.6. The van der Waals surface area contributed by atoms with Crippen LogP contribution in [0.5, 0.6) is 5.75 Å². The van der Waals surface area contributed by atoms with Crippen LogP contribution in [0.2, 0.25) is 0 Å². The molecule has 6 rings (SSSR count). The summed E-state index contributed by atoms with van der Waals surface area (Å²) in [5.74, 6) is -2.34. The summed E-state index contributed by atoms with van der Waals surface area (Å²) in [5.41, 5.74) is 9.16. The smallest absolute Gasteiger partial charge is 0.410 e. The highest BCUT2D eigenvalue weighted by Gasteiger charge is 2.39. The Morgan fingerprint density at radius 3 is 2.39 bits per heavy atom. The van der Waals surface area contributed by atoms with Crippen LogP contribution in [0.4, 0.5) is 4.79 Å². The molecular weight excluding hydrogens is 851 g/mol. The van der Waals surface area contributed by atoms with Crippen molar-refractivity contribution in [2.45, 2.75) is 144 Å². The number of esters is 1. The Hall–Kier alpha value is -5.96. The van der Waals surface area contributed by atoms with Crippen molar-refractivity contribution < 1.29 is 38.6 Å². The molecule has 15 heteroatoms. The van der Waals surface area contributed by atoms with E-state index in [1.807, 2.05) is 24.4 Å². The lowest BCUT2D eigenvalue weighted by Crippen LogP contribution is -2.62. The fraction of sp³-hybridized carbons (Fsp3) is 0.538. The third kappa shape index (κ3) is 11.3. The van der Waals surface area contributed by atoms with Crippen LogP contribution < -0.4 is 10.7 Å². The van der Waals surface area contributed by atoms with E-state index in [2.05, 4.69) is 68.1 Å². The number of benzene rings is 2. The van der Waals surface area contributed by atoms with Gasteiger partial charge >= 0.3 is 12.1 Å². The Morgan fingerprint density at radius 1 is 1.01 bits per heavy atom. The predicted molar refractivity (Wildman–Crippen MR) is 259 cm³/mol. The Bertz CT molecular complexity index is 2500. The molecule has 0 unspecified atom stereocenters. The van der Waals surface area contributed by atoms with Crippen molar-refractivity contribution in [1.82, 2.24) is 35.1 Å². The number of aromatic hydroxyl groups is 1. The lowest BCUT2D eigenvalue weighted by Gasteiger charge is -2.37. The summed E-state index contributed by atoms with van der Waals surface area (Å²) >= 11 is 0. The SMILES string of the molecule is CCn1c(-c2cccnc2C(C)C)c2c3cc(ccc31)-c1cc(O)cc(c1)C[C@H](NC(=O)[C@H](C(C)C)N(C)C(=O)[C@H](C)N(C)C(=O)OC(C)(C)C)C(=O)N1CCC[C@H](N1)C(=O)OCC(C)(C)C2. The Balaban J connectivity index is 1.44. The number of phenols is 1. The summed E-state index contributed by atoms with van der Waals surface area (Å²) in [6.07, 6.45) is 2.62. The van der Waals surface area contributed by atoms with Gasteiger partial charge in [0.05, 0.1) is 18.0 Å². The molecule has 2 aromatic heterocycles. The van der Waals surface area contributed by atoms with E-state index in [4.69, 9.17) is 14.5 Å². The highest BCUT2D eigenvalue weighted by Crippen LogP contribution is 2.42. The standard InChI is InChI=1S/C52H71N7O8/c1-14-58-42-20-19-34-27-38(42)39(45(58)37-17-15-21-53-43(37)30(2)3)28-52(10,11)29-66-49(64)40-18-16-22-59(55-40)48(63)41(25-33-23-35(34)26-36(60)24-33)54-46(61)44(31(4)5)57(13)47(62)32(6)56(12)50(65)67-51(7,8)9/h15,17,19-21,23-24,26-27,30-32,40-41,44,55,60H,14,16,18,22,25,28-29H2,1-13H3,(H,54,61)/t32-,40-,41-,44-/m0/s1. The number of hydrogen-bond donors (Lipinski definition) is 3. The van der Waals surface area contributed by atoms with E-state index in [-0.39, 0.29) is 31.2 Å². The summed E-state index contributed by atoms with van der Waals surface area (Å²) in [6.45, 7) is 22.0. The highest BCUT2D eigenvalue weighted by atomic mass is 16.6. The molecular formula is C52H71N7O8. The molecule has 362 valence electrons. The number of nitrogens with zero attached hydrogens (tertiary/aromatic N) is 5. The lowest BCUT2D eigenvalue weighted by atomic mass is 9.83. The molecule has 0 radical (unpaired) electrons. The zero-order valence-electron chi connectivity index (χ0n) is 41.7. The number of amides is 4. The van der Waals surface area contributed by atoms with Crippen LogP contribution in [0.1, 0.15) is 112 Å². The number of hydrogen-bond acceptors (Lipinski definition) is 10. The molecule has 1 saturated heterocycles. The van der Waals surface area contributed by atoms with E-state index in [1.54, 1.807) is 53.7 Å². The molecule has 0 spiro atoms. The second-order valence-electron chi connectivity index (χ2n) is 20.7. The maximum Gasteiger partial charge on any atom is 0.410 e. The van der Waals surface area contributed by atoms with Gasteiger partial charge in [-0.15, -0.1) is 0 Å². The molecule has 67 heavy (non-hydrogen) atoms. The van der Waals surface area contributed by atoms with Crippen LogP contribution in [0.15, 0.2) is 54.7 Å². The molecule has 4 heterocycles. The van der Waals surface area contributed by atoms with E-state index in [0.29, 0.717) is 31.4 Å². The minimum absolute atomic E-state index is 0.0166. The van der Waals surface area contributed by atoms with Gasteiger partial charge in [-0.05, 0) is 124 Å². The number of carbonyl (C=O) groups excluding carboxylic acids is 5. The summed E-state index contributed by atoms with van der Waals surface area (Å²) in [6, 6.07) is 11.5. The van der Waals surface area contributed by atoms with Crippen LogP contribution in [0.25, 0.3) is 33.3 Å². The van der Waals surface area contributed by atoms with Gasteiger partial charge in [0.15, 0.2) is 0 Å². The number of ether oxygens (including phenoxy) is 2. The highest BCUT2D eigenvalue weighted by molar-refractivity contribution is 5.96. The first-order chi connectivity index (χ1) is 31.4. The monoisotopic (exact) mass is 922 g/mol. The van der Waals surface area contributed by atoms with Gasteiger partial charge in [-0.25, -0.2) is 10.2 Å². The number of nitrogens with one attached hydrogen (secondary N) is 2. The van der Waals surface area contributed by atoms with E-state index >= 15 is 0 Å². The fourth-order valence-electron chi connectivity index (χ4n) is 9.36. The molecule has 4 atom stereocenters. The molecule has 15 nitrogen and oxygen atoms in total. The van der Waals surface area contributed by atoms with Crippen molar-refractivity contribution in [2.75, 3.05) is 27.2 Å². The van der Waals surface area contributed by atoms with Crippen molar-refractivity contribution >= 4 is 40.7 Å². The quantitative estimate of drug-likeness (QED) is 0.142. The molecule has 1 fully saturated rings. The number of aromatic nitrogens is 2. The van der Waals surface area contributed by atoms with Gasteiger partial charge in [-0.1, -0.05) is 53.7 Å². The summed E-state index contributed by atoms with van der Waals surface area (Å²) < 4.78 is 13.9.